The van der Waals surface area contributed by atoms with E-state index in [1.165, 1.54) is 38.8 Å². The lowest BCUT2D eigenvalue weighted by molar-refractivity contribution is 0.206. The Kier molecular flexibility index (Phi) is 7.31. The average Bonchev–Trinajstić information content (AvgIpc) is 3.17. The second-order valence-electron chi connectivity index (χ2n) is 8.68. The zero-order valence-corrected chi connectivity index (χ0v) is 19.3. The molecule has 1 saturated heterocycles. The first kappa shape index (κ1) is 21.9. The Morgan fingerprint density at radius 1 is 1.06 bits per heavy atom. The molecule has 0 saturated carbocycles. The zero-order chi connectivity index (χ0) is 21.6. The van der Waals surface area contributed by atoms with E-state index in [1.807, 2.05) is 43.3 Å². The number of aromatic nitrogens is 2. The van der Waals surface area contributed by atoms with Crippen LogP contribution in [0.3, 0.4) is 0 Å². The first-order valence-electron chi connectivity index (χ1n) is 11.3. The minimum absolute atomic E-state index is 0.730. The third-order valence-electron chi connectivity index (χ3n) is 6.22. The number of hydrogen-bond acceptors (Lipinski definition) is 3. The van der Waals surface area contributed by atoms with Gasteiger partial charge in [-0.3, -0.25) is 0 Å². The number of unbranched alkanes of at least 4 members (excludes halogenated alkanes) is 1. The summed E-state index contributed by atoms with van der Waals surface area (Å²) in [4.78, 5) is 10.7. The smallest absolute Gasteiger partial charge is 0.138 e. The van der Waals surface area contributed by atoms with Crippen LogP contribution in [0.25, 0.3) is 22.6 Å². The quantitative estimate of drug-likeness (QED) is 0.404. The van der Waals surface area contributed by atoms with Crippen LogP contribution in [0.4, 0.5) is 0 Å². The summed E-state index contributed by atoms with van der Waals surface area (Å²) >= 11 is 6.02. The van der Waals surface area contributed by atoms with Crippen LogP contribution in [0.15, 0.2) is 48.5 Å². The fourth-order valence-corrected chi connectivity index (χ4v) is 4.42. The summed E-state index contributed by atoms with van der Waals surface area (Å²) in [5.41, 5.74) is 4.08. The number of nitrogens with one attached hydrogen (secondary N) is 1. The zero-order valence-electron chi connectivity index (χ0n) is 18.5. The van der Waals surface area contributed by atoms with E-state index in [2.05, 4.69) is 29.1 Å². The molecule has 0 spiro atoms. The lowest BCUT2D eigenvalue weighted by atomic mass is 9.92. The van der Waals surface area contributed by atoms with E-state index in [1.54, 1.807) is 0 Å². The van der Waals surface area contributed by atoms with Gasteiger partial charge in [0.25, 0.3) is 0 Å². The molecule has 0 atom stereocenters. The molecule has 164 valence electrons. The topological polar surface area (TPSA) is 41.1 Å². The van der Waals surface area contributed by atoms with Crippen LogP contribution in [0, 0.1) is 12.8 Å². The molecule has 3 aromatic rings. The molecule has 0 unspecified atom stereocenters. The van der Waals surface area contributed by atoms with Crippen molar-refractivity contribution in [1.82, 2.24) is 14.9 Å². The molecule has 2 aromatic carbocycles. The number of aromatic amines is 1. The molecule has 0 bridgehead atoms. The van der Waals surface area contributed by atoms with Gasteiger partial charge >= 0.3 is 0 Å². The van der Waals surface area contributed by atoms with Crippen LogP contribution in [-0.2, 0) is 0 Å². The van der Waals surface area contributed by atoms with Crippen molar-refractivity contribution in [1.29, 1.82) is 0 Å². The lowest BCUT2D eigenvalue weighted by Crippen LogP contribution is -2.30. The van der Waals surface area contributed by atoms with Gasteiger partial charge in [0.2, 0.25) is 0 Å². The normalized spacial score (nSPS) is 15.3. The molecule has 1 N–H and O–H groups in total. The predicted octanol–water partition coefficient (Wildman–Crippen LogP) is 6.60. The summed E-state index contributed by atoms with van der Waals surface area (Å²) in [6.45, 7) is 5.31. The monoisotopic (exact) mass is 437 g/mol. The summed E-state index contributed by atoms with van der Waals surface area (Å²) in [5.74, 6) is 2.66. The Hall–Kier alpha value is -2.30. The maximum Gasteiger partial charge on any atom is 0.138 e. The molecule has 31 heavy (non-hydrogen) atoms. The molecular weight excluding hydrogens is 406 g/mol. The maximum absolute atomic E-state index is 6.04. The Morgan fingerprint density at radius 2 is 1.84 bits per heavy atom. The molecular formula is C26H32ClN3O. The molecule has 0 aliphatic carbocycles. The molecule has 0 amide bonds. The molecule has 4 rings (SSSR count). The van der Waals surface area contributed by atoms with E-state index in [-0.39, 0.29) is 0 Å². The highest BCUT2D eigenvalue weighted by molar-refractivity contribution is 6.30. The standard InChI is InChI=1S/C26H32ClN3O/c1-19-25(21-9-11-23(27)12-10-21)29-26(28-19)22-7-5-8-24(18-22)31-17-4-3-6-20-13-15-30(2)16-14-20/h5,7-12,18,20H,3-4,6,13-17H2,1-2H3,(H,28,29). The number of imidazole rings is 1. The van der Waals surface area contributed by atoms with Crippen molar-refractivity contribution in [2.24, 2.45) is 5.92 Å². The van der Waals surface area contributed by atoms with Crippen LogP contribution in [0.5, 0.6) is 5.75 Å². The van der Waals surface area contributed by atoms with Gasteiger partial charge in [-0.2, -0.15) is 0 Å². The van der Waals surface area contributed by atoms with Gasteiger partial charge in [0.1, 0.15) is 11.6 Å². The Bertz CT molecular complexity index is 975. The van der Waals surface area contributed by atoms with Crippen molar-refractivity contribution in [3.05, 3.63) is 59.2 Å². The third-order valence-corrected chi connectivity index (χ3v) is 6.48. The summed E-state index contributed by atoms with van der Waals surface area (Å²) in [6, 6.07) is 16.0. The van der Waals surface area contributed by atoms with Crippen LogP contribution in [0.2, 0.25) is 5.02 Å². The highest BCUT2D eigenvalue weighted by Gasteiger charge is 2.16. The minimum atomic E-state index is 0.730. The van der Waals surface area contributed by atoms with Crippen molar-refractivity contribution >= 4 is 11.6 Å². The van der Waals surface area contributed by atoms with Gasteiger partial charge in [-0.25, -0.2) is 4.98 Å². The molecule has 1 aliphatic rings. The van der Waals surface area contributed by atoms with Gasteiger partial charge in [-0.15, -0.1) is 0 Å². The Balaban J connectivity index is 1.31. The Morgan fingerprint density at radius 3 is 2.61 bits per heavy atom. The average molecular weight is 438 g/mol. The number of likely N-dealkylation sites (tertiary alicyclic amines) is 1. The van der Waals surface area contributed by atoms with E-state index < -0.39 is 0 Å². The largest absolute Gasteiger partial charge is 0.494 e. The molecule has 1 aliphatic heterocycles. The molecule has 5 heteroatoms. The highest BCUT2D eigenvalue weighted by Crippen LogP contribution is 2.28. The maximum atomic E-state index is 6.04. The number of hydrogen-bond donors (Lipinski definition) is 1. The number of aryl methyl sites for hydroxylation is 1. The van der Waals surface area contributed by atoms with Crippen LogP contribution < -0.4 is 4.74 Å². The van der Waals surface area contributed by atoms with Gasteiger partial charge in [0.15, 0.2) is 0 Å². The SMILES string of the molecule is Cc1[nH]c(-c2cccc(OCCCCC3CCN(C)CC3)c2)nc1-c1ccc(Cl)cc1. The molecule has 1 aromatic heterocycles. The number of H-pyrrole nitrogens is 1. The molecule has 4 nitrogen and oxygen atoms in total. The third kappa shape index (κ3) is 5.90. The van der Waals surface area contributed by atoms with Gasteiger partial charge in [0, 0.05) is 21.8 Å². The van der Waals surface area contributed by atoms with Crippen LogP contribution >= 0.6 is 11.6 Å². The van der Waals surface area contributed by atoms with Crippen molar-refractivity contribution < 1.29 is 4.74 Å². The van der Waals surface area contributed by atoms with E-state index >= 15 is 0 Å². The van der Waals surface area contributed by atoms with Crippen LogP contribution in [-0.4, -0.2) is 41.6 Å². The predicted molar refractivity (Wildman–Crippen MR) is 129 cm³/mol. The van der Waals surface area contributed by atoms with E-state index in [0.717, 1.165) is 58.1 Å². The van der Waals surface area contributed by atoms with Crippen molar-refractivity contribution in [2.75, 3.05) is 26.7 Å². The van der Waals surface area contributed by atoms with Crippen molar-refractivity contribution in [2.45, 2.75) is 39.0 Å². The Labute approximate surface area is 190 Å². The lowest BCUT2D eigenvalue weighted by Gasteiger charge is -2.28. The first-order valence-corrected chi connectivity index (χ1v) is 11.7. The second kappa shape index (κ2) is 10.3. The summed E-state index contributed by atoms with van der Waals surface area (Å²) in [6.07, 6.45) is 6.38. The van der Waals surface area contributed by atoms with Gasteiger partial charge in [0.05, 0.1) is 12.3 Å². The number of ether oxygens (including phenoxy) is 1. The van der Waals surface area contributed by atoms with Gasteiger partial charge in [-0.05, 0) is 82.9 Å². The highest BCUT2D eigenvalue weighted by atomic mass is 35.5. The number of halogens is 1. The van der Waals surface area contributed by atoms with E-state index in [9.17, 15) is 0 Å². The summed E-state index contributed by atoms with van der Waals surface area (Å²) in [7, 11) is 2.22. The number of nitrogens with zero attached hydrogens (tertiary/aromatic N) is 2. The second-order valence-corrected chi connectivity index (χ2v) is 9.12. The van der Waals surface area contributed by atoms with Crippen molar-refractivity contribution in [3.63, 3.8) is 0 Å². The van der Waals surface area contributed by atoms with E-state index in [4.69, 9.17) is 21.3 Å². The summed E-state index contributed by atoms with van der Waals surface area (Å²) < 4.78 is 6.04. The van der Waals surface area contributed by atoms with Crippen LogP contribution in [0.1, 0.15) is 37.8 Å². The van der Waals surface area contributed by atoms with E-state index in [0.29, 0.717) is 0 Å². The first-order chi connectivity index (χ1) is 15.1. The van der Waals surface area contributed by atoms with Gasteiger partial charge in [-0.1, -0.05) is 42.3 Å². The van der Waals surface area contributed by atoms with Gasteiger partial charge < -0.3 is 14.6 Å². The fourth-order valence-electron chi connectivity index (χ4n) is 4.29. The summed E-state index contributed by atoms with van der Waals surface area (Å²) in [5, 5.41) is 0.730. The van der Waals surface area contributed by atoms with Crippen molar-refractivity contribution in [3.8, 4) is 28.4 Å². The molecule has 2 heterocycles. The minimum Gasteiger partial charge on any atom is -0.494 e. The number of piperidine rings is 1. The molecule has 1 fully saturated rings. The number of rotatable bonds is 8. The fraction of sp³-hybridized carbons (Fsp3) is 0.423. The number of benzene rings is 2. The molecule has 0 radical (unpaired) electrons.